The molecule has 328 valence electrons. The Morgan fingerprint density at radius 2 is 1.42 bits per heavy atom. The molecule has 5 unspecified atom stereocenters. The number of nitrogens with one attached hydrogen (secondary N) is 1. The standard InChI is InChI=1S/C29H32N4O2.C24H26N4O/c1-21-15-22(19-32(21)29(34)23-7-3-2-4-8-23)18-31-13-12-25-16-24(10-11-27(25)31)26-17-30-33(20-26)28-9-5-6-14-35-28;1-17-11-18(16-28(17)24(29)19-5-3-2-4-6-19)15-27-10-9-21-12-20(7-8-23(21)27)22-13-25-26-14-22/h2-4,7-8,10-13,16-17,20-22,28H,5-6,9,14-15,18-19H2,1H3;2-8,12-14,17-18H,9-11,15-16H2,1H3,(H,25,26). The monoisotopic (exact) mass is 854 g/mol. The zero-order valence-corrected chi connectivity index (χ0v) is 36.9. The lowest BCUT2D eigenvalue weighted by atomic mass is 10.0. The van der Waals surface area contributed by atoms with Gasteiger partial charge in [-0.2, -0.15) is 10.2 Å². The van der Waals surface area contributed by atoms with Crippen LogP contribution in [0.4, 0.5) is 5.69 Å². The molecule has 3 saturated heterocycles. The van der Waals surface area contributed by atoms with Crippen LogP contribution < -0.4 is 4.90 Å². The van der Waals surface area contributed by atoms with Crippen LogP contribution in [0.25, 0.3) is 33.2 Å². The summed E-state index contributed by atoms with van der Waals surface area (Å²) >= 11 is 0. The van der Waals surface area contributed by atoms with Gasteiger partial charge in [0.2, 0.25) is 0 Å². The van der Waals surface area contributed by atoms with Crippen molar-refractivity contribution in [2.45, 2.75) is 77.2 Å². The molecule has 0 bridgehead atoms. The molecule has 4 aromatic carbocycles. The molecule has 4 aliphatic rings. The summed E-state index contributed by atoms with van der Waals surface area (Å²) in [5.41, 5.74) is 10.2. The molecule has 1 N–H and O–H groups in total. The van der Waals surface area contributed by atoms with Gasteiger partial charge in [0.15, 0.2) is 0 Å². The SMILES string of the molecule is CC1CC(CN2CCc3cc(-c4cn[nH]c4)ccc32)CN1C(=O)c1ccccc1.CC1CC(Cn2ccc3cc(-c4cnn(C5CCCCO5)c4)ccc32)CN1C(=O)c1ccccc1. The quantitative estimate of drug-likeness (QED) is 0.155. The van der Waals surface area contributed by atoms with Crippen molar-refractivity contribution in [1.29, 1.82) is 0 Å². The summed E-state index contributed by atoms with van der Waals surface area (Å²) < 4.78 is 10.2. The predicted octanol–water partition coefficient (Wildman–Crippen LogP) is 9.74. The van der Waals surface area contributed by atoms with Crippen molar-refractivity contribution >= 4 is 28.4 Å². The van der Waals surface area contributed by atoms with Crippen LogP contribution in [-0.2, 0) is 17.7 Å². The van der Waals surface area contributed by atoms with Crippen LogP contribution in [0.3, 0.4) is 0 Å². The molecule has 5 atom stereocenters. The lowest BCUT2D eigenvalue weighted by Gasteiger charge is -2.24. The van der Waals surface area contributed by atoms with E-state index in [1.54, 1.807) is 0 Å². The molecule has 11 rings (SSSR count). The largest absolute Gasteiger partial charge is 0.371 e. The van der Waals surface area contributed by atoms with E-state index in [9.17, 15) is 9.59 Å². The maximum absolute atomic E-state index is 13.0. The third kappa shape index (κ3) is 8.73. The van der Waals surface area contributed by atoms with E-state index < -0.39 is 0 Å². The van der Waals surface area contributed by atoms with E-state index >= 15 is 0 Å². The zero-order chi connectivity index (χ0) is 43.6. The van der Waals surface area contributed by atoms with E-state index in [0.29, 0.717) is 17.9 Å². The molecular weight excluding hydrogens is 797 g/mol. The van der Waals surface area contributed by atoms with Gasteiger partial charge < -0.3 is 24.0 Å². The predicted molar refractivity (Wildman–Crippen MR) is 252 cm³/mol. The molecule has 64 heavy (non-hydrogen) atoms. The Morgan fingerprint density at radius 3 is 2.09 bits per heavy atom. The first-order valence-electron chi connectivity index (χ1n) is 23.2. The number of ether oxygens (including phenoxy) is 1. The molecule has 3 aromatic heterocycles. The number of hydrogen-bond donors (Lipinski definition) is 1. The van der Waals surface area contributed by atoms with Gasteiger partial charge in [-0.15, -0.1) is 0 Å². The highest BCUT2D eigenvalue weighted by molar-refractivity contribution is 5.95. The molecule has 7 heterocycles. The molecule has 3 fully saturated rings. The van der Waals surface area contributed by atoms with Crippen molar-refractivity contribution in [2.75, 3.05) is 37.7 Å². The summed E-state index contributed by atoms with van der Waals surface area (Å²) in [6.45, 7) is 9.79. The fourth-order valence-electron chi connectivity index (χ4n) is 10.6. The molecule has 0 spiro atoms. The van der Waals surface area contributed by atoms with Gasteiger partial charge in [-0.05, 0) is 135 Å². The second-order valence-corrected chi connectivity index (χ2v) is 18.3. The van der Waals surface area contributed by atoms with E-state index in [4.69, 9.17) is 4.74 Å². The number of fused-ring (bicyclic) bond motifs is 2. The van der Waals surface area contributed by atoms with Crippen LogP contribution in [-0.4, -0.2) is 91.0 Å². The van der Waals surface area contributed by atoms with E-state index in [-0.39, 0.29) is 24.1 Å². The Balaban J connectivity index is 0.000000154. The zero-order valence-electron chi connectivity index (χ0n) is 36.9. The van der Waals surface area contributed by atoms with Gasteiger partial charge in [-0.1, -0.05) is 48.5 Å². The Morgan fingerprint density at radius 1 is 0.734 bits per heavy atom. The first-order chi connectivity index (χ1) is 31.3. The number of nitrogens with zero attached hydrogens (tertiary/aromatic N) is 7. The van der Waals surface area contributed by atoms with Gasteiger partial charge in [0, 0.05) is 109 Å². The molecular formula is C53H58N8O3. The fourth-order valence-corrected chi connectivity index (χ4v) is 10.6. The van der Waals surface area contributed by atoms with Gasteiger partial charge >= 0.3 is 0 Å². The van der Waals surface area contributed by atoms with E-state index in [0.717, 1.165) is 93.7 Å². The Bertz CT molecular complexity index is 2690. The smallest absolute Gasteiger partial charge is 0.254 e. The second-order valence-electron chi connectivity index (χ2n) is 18.3. The van der Waals surface area contributed by atoms with Gasteiger partial charge in [0.25, 0.3) is 11.8 Å². The number of benzene rings is 4. The van der Waals surface area contributed by atoms with Crippen LogP contribution in [0.1, 0.15) is 78.5 Å². The number of aromatic nitrogens is 5. The van der Waals surface area contributed by atoms with Crippen molar-refractivity contribution in [2.24, 2.45) is 11.8 Å². The summed E-state index contributed by atoms with van der Waals surface area (Å²) in [5, 5.41) is 12.8. The van der Waals surface area contributed by atoms with Crippen LogP contribution in [0.2, 0.25) is 0 Å². The third-order valence-corrected chi connectivity index (χ3v) is 13.9. The lowest BCUT2D eigenvalue weighted by Crippen LogP contribution is -2.35. The summed E-state index contributed by atoms with van der Waals surface area (Å²) in [5.74, 6) is 1.26. The van der Waals surface area contributed by atoms with Gasteiger partial charge in [0.1, 0.15) is 6.23 Å². The van der Waals surface area contributed by atoms with Gasteiger partial charge in [-0.25, -0.2) is 4.68 Å². The van der Waals surface area contributed by atoms with Crippen molar-refractivity contribution in [3.05, 3.63) is 151 Å². The molecule has 0 saturated carbocycles. The van der Waals surface area contributed by atoms with Gasteiger partial charge in [-0.3, -0.25) is 14.7 Å². The van der Waals surface area contributed by atoms with Crippen LogP contribution in [0, 0.1) is 11.8 Å². The maximum Gasteiger partial charge on any atom is 0.254 e. The third-order valence-electron chi connectivity index (χ3n) is 13.9. The van der Waals surface area contributed by atoms with Crippen molar-refractivity contribution < 1.29 is 14.3 Å². The van der Waals surface area contributed by atoms with Crippen molar-refractivity contribution in [3.8, 4) is 22.3 Å². The number of likely N-dealkylation sites (tertiary alicyclic amines) is 2. The van der Waals surface area contributed by atoms with Crippen molar-refractivity contribution in [1.82, 2.24) is 34.3 Å². The highest BCUT2D eigenvalue weighted by Crippen LogP contribution is 2.35. The lowest BCUT2D eigenvalue weighted by molar-refractivity contribution is -0.0394. The molecule has 11 heteroatoms. The minimum atomic E-state index is 0.0597. The first kappa shape index (κ1) is 41.5. The summed E-state index contributed by atoms with van der Waals surface area (Å²) in [4.78, 5) is 32.5. The van der Waals surface area contributed by atoms with Crippen molar-refractivity contribution in [3.63, 3.8) is 0 Å². The number of amides is 2. The number of anilines is 1. The van der Waals surface area contributed by atoms with Crippen LogP contribution >= 0.6 is 0 Å². The fraction of sp³-hybridized carbons (Fsp3) is 0.358. The number of hydrogen-bond acceptors (Lipinski definition) is 6. The Hall–Kier alpha value is -6.46. The average Bonchev–Trinajstić information content (AvgIpc) is 4.22. The average molecular weight is 855 g/mol. The summed E-state index contributed by atoms with van der Waals surface area (Å²) in [6.07, 6.45) is 16.6. The first-order valence-corrected chi connectivity index (χ1v) is 23.2. The normalized spacial score (nSPS) is 21.8. The molecule has 4 aliphatic heterocycles. The Kier molecular flexibility index (Phi) is 11.9. The Labute approximate surface area is 375 Å². The molecule has 2 amide bonds. The number of rotatable bonds is 9. The van der Waals surface area contributed by atoms with Gasteiger partial charge in [0.05, 0.1) is 12.4 Å². The van der Waals surface area contributed by atoms with Crippen LogP contribution in [0.15, 0.2) is 134 Å². The molecule has 7 aromatic rings. The minimum Gasteiger partial charge on any atom is -0.371 e. The number of aromatic amines is 1. The van der Waals surface area contributed by atoms with E-state index in [1.165, 1.54) is 39.7 Å². The molecule has 11 nitrogen and oxygen atoms in total. The highest BCUT2D eigenvalue weighted by atomic mass is 16.5. The maximum atomic E-state index is 13.0. The summed E-state index contributed by atoms with van der Waals surface area (Å²) in [6, 6.07) is 35.4. The van der Waals surface area contributed by atoms with E-state index in [1.807, 2.05) is 88.8 Å². The summed E-state index contributed by atoms with van der Waals surface area (Å²) in [7, 11) is 0. The number of H-pyrrole nitrogens is 1. The second kappa shape index (κ2) is 18.3. The van der Waals surface area contributed by atoms with Crippen LogP contribution in [0.5, 0.6) is 0 Å². The molecule has 0 aliphatic carbocycles. The molecule has 0 radical (unpaired) electrons. The topological polar surface area (TPSA) is 105 Å². The number of carbonyl (C=O) groups excluding carboxylic acids is 2. The number of carbonyl (C=O) groups is 2. The highest BCUT2D eigenvalue weighted by Gasteiger charge is 2.35. The minimum absolute atomic E-state index is 0.0597. The van der Waals surface area contributed by atoms with E-state index in [2.05, 4.69) is 98.4 Å².